The van der Waals surface area contributed by atoms with E-state index in [0.717, 1.165) is 20.8 Å². The van der Waals surface area contributed by atoms with Crippen molar-refractivity contribution < 1.29 is 9.59 Å². The highest BCUT2D eigenvalue weighted by Crippen LogP contribution is 2.22. The van der Waals surface area contributed by atoms with Gasteiger partial charge in [0.05, 0.1) is 15.6 Å². The molecule has 0 radical (unpaired) electrons. The predicted molar refractivity (Wildman–Crippen MR) is 120 cm³/mol. The largest absolute Gasteiger partial charge is 0.346 e. The Balaban J connectivity index is 1.50. The first kappa shape index (κ1) is 20.9. The molecule has 0 bridgehead atoms. The predicted octanol–water partition coefficient (Wildman–Crippen LogP) is 3.83. The Labute approximate surface area is 190 Å². The molecule has 1 aliphatic heterocycles. The van der Waals surface area contributed by atoms with Gasteiger partial charge in [-0.3, -0.25) is 19.6 Å². The highest BCUT2D eigenvalue weighted by atomic mass is 79.9. The van der Waals surface area contributed by atoms with E-state index in [1.165, 1.54) is 0 Å². The van der Waals surface area contributed by atoms with Crippen molar-refractivity contribution in [3.05, 3.63) is 63.2 Å². The number of likely N-dealkylation sites (tertiary alicyclic amines) is 1. The second-order valence-corrected chi connectivity index (χ2v) is 9.15. The van der Waals surface area contributed by atoms with Crippen LogP contribution in [0.4, 0.5) is 0 Å². The molecule has 4 rings (SSSR count). The molecule has 154 valence electrons. The monoisotopic (exact) mass is 531 g/mol. The van der Waals surface area contributed by atoms with E-state index >= 15 is 0 Å². The molecule has 0 spiro atoms. The van der Waals surface area contributed by atoms with Crippen molar-refractivity contribution in [2.45, 2.75) is 19.4 Å². The van der Waals surface area contributed by atoms with Gasteiger partial charge in [0.15, 0.2) is 0 Å². The number of fused-ring (bicyclic) bond motifs is 1. The van der Waals surface area contributed by atoms with E-state index in [1.54, 1.807) is 41.8 Å². The topological polar surface area (TPSA) is 88.1 Å². The maximum atomic E-state index is 12.9. The summed E-state index contributed by atoms with van der Waals surface area (Å²) in [7, 11) is 0. The fourth-order valence-corrected chi connectivity index (χ4v) is 4.33. The maximum Gasteiger partial charge on any atom is 0.270 e. The summed E-state index contributed by atoms with van der Waals surface area (Å²) in [5.74, 6) is -0.0962. The molecule has 1 N–H and O–H groups in total. The number of piperidine rings is 1. The summed E-state index contributed by atoms with van der Waals surface area (Å²) in [4.78, 5) is 40.2. The zero-order valence-corrected chi connectivity index (χ0v) is 19.4. The number of hydrogen-bond acceptors (Lipinski definition) is 5. The van der Waals surface area contributed by atoms with Crippen LogP contribution in [0.1, 0.15) is 34.2 Å². The average molecular weight is 533 g/mol. The van der Waals surface area contributed by atoms with Crippen LogP contribution < -0.4 is 5.32 Å². The van der Waals surface area contributed by atoms with Crippen LogP contribution in [0.25, 0.3) is 10.9 Å². The van der Waals surface area contributed by atoms with Gasteiger partial charge >= 0.3 is 0 Å². The molecule has 0 aromatic carbocycles. The van der Waals surface area contributed by atoms with Crippen molar-refractivity contribution in [1.29, 1.82) is 0 Å². The molecule has 2 atom stereocenters. The zero-order chi connectivity index (χ0) is 21.3. The SMILES string of the molecule is CC1CCN(C(=O)c2cncc(Br)c2)CC1NC(=O)c1ccc2cncc(Br)c2n1. The van der Waals surface area contributed by atoms with Gasteiger partial charge in [0.1, 0.15) is 5.69 Å². The molecule has 4 heterocycles. The van der Waals surface area contributed by atoms with Gasteiger partial charge in [0.25, 0.3) is 11.8 Å². The first-order valence-electron chi connectivity index (χ1n) is 9.53. The molecule has 0 aliphatic carbocycles. The molecule has 2 unspecified atom stereocenters. The highest BCUT2D eigenvalue weighted by molar-refractivity contribution is 9.11. The second-order valence-electron chi connectivity index (χ2n) is 7.38. The summed E-state index contributed by atoms with van der Waals surface area (Å²) in [5, 5.41) is 3.92. The Kier molecular flexibility index (Phi) is 6.10. The fourth-order valence-electron chi connectivity index (χ4n) is 3.53. The van der Waals surface area contributed by atoms with Crippen molar-refractivity contribution in [1.82, 2.24) is 25.2 Å². The van der Waals surface area contributed by atoms with Crippen molar-refractivity contribution in [2.24, 2.45) is 5.92 Å². The van der Waals surface area contributed by atoms with Crippen molar-refractivity contribution in [2.75, 3.05) is 13.1 Å². The fraction of sp³-hybridized carbons (Fsp3) is 0.286. The summed E-state index contributed by atoms with van der Waals surface area (Å²) in [6.45, 7) is 3.18. The molecule has 2 amide bonds. The van der Waals surface area contributed by atoms with Crippen molar-refractivity contribution in [3.8, 4) is 0 Å². The lowest BCUT2D eigenvalue weighted by Gasteiger charge is -2.37. The third-order valence-corrected chi connectivity index (χ3v) is 6.31. The first-order chi connectivity index (χ1) is 14.4. The van der Waals surface area contributed by atoms with E-state index in [4.69, 9.17) is 0 Å². The van der Waals surface area contributed by atoms with E-state index < -0.39 is 0 Å². The molecule has 3 aromatic rings. The van der Waals surface area contributed by atoms with Gasteiger partial charge < -0.3 is 10.2 Å². The van der Waals surface area contributed by atoms with Crippen molar-refractivity contribution >= 4 is 54.6 Å². The summed E-state index contributed by atoms with van der Waals surface area (Å²) in [6.07, 6.45) is 7.37. The summed E-state index contributed by atoms with van der Waals surface area (Å²) in [6, 6.07) is 5.12. The first-order valence-corrected chi connectivity index (χ1v) is 11.1. The maximum absolute atomic E-state index is 12.9. The van der Waals surface area contributed by atoms with Gasteiger partial charge in [-0.25, -0.2) is 4.98 Å². The Hall–Kier alpha value is -2.39. The Morgan fingerprint density at radius 3 is 2.73 bits per heavy atom. The van der Waals surface area contributed by atoms with Crippen LogP contribution in [-0.4, -0.2) is 50.8 Å². The third-order valence-electron chi connectivity index (χ3n) is 5.30. The van der Waals surface area contributed by atoms with Gasteiger partial charge in [0.2, 0.25) is 0 Å². The van der Waals surface area contributed by atoms with E-state index in [9.17, 15) is 9.59 Å². The minimum atomic E-state index is -0.254. The van der Waals surface area contributed by atoms with Crippen LogP contribution in [-0.2, 0) is 0 Å². The number of hydrogen-bond donors (Lipinski definition) is 1. The number of amides is 2. The minimum Gasteiger partial charge on any atom is -0.346 e. The summed E-state index contributed by atoms with van der Waals surface area (Å²) >= 11 is 6.78. The van der Waals surface area contributed by atoms with Gasteiger partial charge in [-0.1, -0.05) is 6.92 Å². The molecule has 3 aromatic heterocycles. The Morgan fingerprint density at radius 2 is 1.93 bits per heavy atom. The summed E-state index contributed by atoms with van der Waals surface area (Å²) < 4.78 is 1.49. The minimum absolute atomic E-state index is 0.0878. The van der Waals surface area contributed by atoms with E-state index in [1.807, 2.05) is 6.07 Å². The van der Waals surface area contributed by atoms with Gasteiger partial charge in [-0.05, 0) is 62.4 Å². The van der Waals surface area contributed by atoms with Gasteiger partial charge in [-0.15, -0.1) is 0 Å². The van der Waals surface area contributed by atoms with Gasteiger partial charge in [-0.2, -0.15) is 0 Å². The van der Waals surface area contributed by atoms with Crippen LogP contribution in [0.3, 0.4) is 0 Å². The quantitative estimate of drug-likeness (QED) is 0.553. The number of nitrogens with one attached hydrogen (secondary N) is 1. The number of nitrogens with zero attached hydrogens (tertiary/aromatic N) is 4. The normalized spacial score (nSPS) is 19.0. The number of carbonyl (C=O) groups excluding carboxylic acids is 2. The lowest BCUT2D eigenvalue weighted by molar-refractivity contribution is 0.0623. The molecule has 1 fully saturated rings. The van der Waals surface area contributed by atoms with Crippen LogP contribution in [0.15, 0.2) is 51.9 Å². The Bertz CT molecular complexity index is 1120. The molecule has 1 aliphatic rings. The average Bonchev–Trinajstić information content (AvgIpc) is 2.75. The zero-order valence-electron chi connectivity index (χ0n) is 16.2. The number of pyridine rings is 3. The molecular formula is C21H19Br2N5O2. The molecule has 0 saturated carbocycles. The number of rotatable bonds is 3. The van der Waals surface area contributed by atoms with Crippen molar-refractivity contribution in [3.63, 3.8) is 0 Å². The Morgan fingerprint density at radius 1 is 1.13 bits per heavy atom. The molecule has 1 saturated heterocycles. The lowest BCUT2D eigenvalue weighted by atomic mass is 9.93. The molecule has 30 heavy (non-hydrogen) atoms. The van der Waals surface area contributed by atoms with E-state index in [0.29, 0.717) is 29.9 Å². The number of aromatic nitrogens is 3. The van der Waals surface area contributed by atoms with Crippen LogP contribution >= 0.6 is 31.9 Å². The third kappa shape index (κ3) is 4.37. The summed E-state index contributed by atoms with van der Waals surface area (Å²) in [5.41, 5.74) is 1.55. The van der Waals surface area contributed by atoms with Crippen LogP contribution in [0.5, 0.6) is 0 Å². The molecule has 9 heteroatoms. The smallest absolute Gasteiger partial charge is 0.270 e. The molecule has 7 nitrogen and oxygen atoms in total. The molecular weight excluding hydrogens is 514 g/mol. The van der Waals surface area contributed by atoms with E-state index in [2.05, 4.69) is 59.1 Å². The standard InChI is InChI=1S/C21H19Br2N5O2/c1-12-4-5-28(21(30)14-6-15(22)9-24-8-14)11-18(12)27-20(29)17-3-2-13-7-25-10-16(23)19(13)26-17/h2-3,6-10,12,18H,4-5,11H2,1H3,(H,27,29). The lowest BCUT2D eigenvalue weighted by Crippen LogP contribution is -2.53. The second kappa shape index (κ2) is 8.77. The highest BCUT2D eigenvalue weighted by Gasteiger charge is 2.31. The number of halogens is 2. The van der Waals surface area contributed by atoms with Crippen LogP contribution in [0.2, 0.25) is 0 Å². The van der Waals surface area contributed by atoms with Crippen LogP contribution in [0, 0.1) is 5.92 Å². The van der Waals surface area contributed by atoms with Gasteiger partial charge in [0, 0.05) is 53.8 Å². The number of carbonyl (C=O) groups is 2. The van der Waals surface area contributed by atoms with E-state index in [-0.39, 0.29) is 23.8 Å².